The van der Waals surface area contributed by atoms with Crippen molar-refractivity contribution in [3.8, 4) is 0 Å². The molecule has 0 heterocycles. The first kappa shape index (κ1) is 10.1. The number of allylic oxidation sites excluding steroid dienone is 1. The van der Waals surface area contributed by atoms with Gasteiger partial charge >= 0.3 is 0 Å². The van der Waals surface area contributed by atoms with E-state index in [-0.39, 0.29) is 0 Å². The van der Waals surface area contributed by atoms with Crippen molar-refractivity contribution in [2.24, 2.45) is 11.7 Å². The fourth-order valence-electron chi connectivity index (χ4n) is 1.28. The second-order valence-electron chi connectivity index (χ2n) is 3.57. The van der Waals surface area contributed by atoms with E-state index in [0.717, 1.165) is 11.8 Å². The summed E-state index contributed by atoms with van der Waals surface area (Å²) in [5.41, 5.74) is 5.56. The Morgan fingerprint density at radius 2 is 2.50 bits per heavy atom. The summed E-state index contributed by atoms with van der Waals surface area (Å²) in [6.45, 7) is 3.04. The molecule has 2 heteroatoms. The molecule has 0 amide bonds. The van der Waals surface area contributed by atoms with Crippen molar-refractivity contribution in [2.75, 3.05) is 12.3 Å². The van der Waals surface area contributed by atoms with E-state index < -0.39 is 0 Å². The molecule has 1 aliphatic rings. The molecule has 0 radical (unpaired) electrons. The molecule has 70 valence electrons. The van der Waals surface area contributed by atoms with Gasteiger partial charge in [0.2, 0.25) is 0 Å². The van der Waals surface area contributed by atoms with Crippen molar-refractivity contribution >= 4 is 11.8 Å². The molecule has 1 nitrogen and oxygen atoms in total. The van der Waals surface area contributed by atoms with Crippen LogP contribution >= 0.6 is 11.8 Å². The Hall–Kier alpha value is 0.0500. The topological polar surface area (TPSA) is 26.0 Å². The molecule has 0 saturated carbocycles. The van der Waals surface area contributed by atoms with E-state index in [1.165, 1.54) is 25.0 Å². The molecule has 12 heavy (non-hydrogen) atoms. The summed E-state index contributed by atoms with van der Waals surface area (Å²) in [5.74, 6) is 1.89. The van der Waals surface area contributed by atoms with Gasteiger partial charge in [-0.3, -0.25) is 0 Å². The molecule has 0 aromatic rings. The van der Waals surface area contributed by atoms with Crippen LogP contribution in [0, 0.1) is 5.92 Å². The van der Waals surface area contributed by atoms with Crippen LogP contribution in [0.5, 0.6) is 0 Å². The van der Waals surface area contributed by atoms with Crippen LogP contribution in [-0.2, 0) is 0 Å². The van der Waals surface area contributed by atoms with Gasteiger partial charge in [0.15, 0.2) is 0 Å². The molecule has 2 N–H and O–H groups in total. The van der Waals surface area contributed by atoms with Gasteiger partial charge in [0.1, 0.15) is 0 Å². The highest BCUT2D eigenvalue weighted by Crippen LogP contribution is 2.24. The van der Waals surface area contributed by atoms with E-state index in [0.29, 0.717) is 5.92 Å². The van der Waals surface area contributed by atoms with Crippen LogP contribution in [0.2, 0.25) is 0 Å². The SMILES string of the molecule is CC(CN)CSC1C=CCCC1. The van der Waals surface area contributed by atoms with Crippen molar-refractivity contribution in [2.45, 2.75) is 31.4 Å². The molecule has 2 atom stereocenters. The first-order valence-corrected chi connectivity index (χ1v) is 5.86. The Kier molecular flexibility index (Phi) is 4.77. The van der Waals surface area contributed by atoms with Crippen molar-refractivity contribution in [1.29, 1.82) is 0 Å². The van der Waals surface area contributed by atoms with E-state index in [4.69, 9.17) is 5.73 Å². The molecule has 1 rings (SSSR count). The second-order valence-corrected chi connectivity index (χ2v) is 4.84. The average molecular weight is 185 g/mol. The minimum Gasteiger partial charge on any atom is -0.330 e. The Balaban J connectivity index is 2.13. The zero-order valence-electron chi connectivity index (χ0n) is 7.83. The summed E-state index contributed by atoms with van der Waals surface area (Å²) < 4.78 is 0. The maximum absolute atomic E-state index is 5.56. The summed E-state index contributed by atoms with van der Waals surface area (Å²) in [4.78, 5) is 0. The number of hydrogen-bond donors (Lipinski definition) is 1. The molecule has 0 spiro atoms. The van der Waals surface area contributed by atoms with Crippen LogP contribution in [0.4, 0.5) is 0 Å². The van der Waals surface area contributed by atoms with E-state index in [9.17, 15) is 0 Å². The van der Waals surface area contributed by atoms with Gasteiger partial charge in [-0.05, 0) is 37.5 Å². The second kappa shape index (κ2) is 5.65. The zero-order chi connectivity index (χ0) is 8.81. The van der Waals surface area contributed by atoms with Gasteiger partial charge in [0.05, 0.1) is 0 Å². The van der Waals surface area contributed by atoms with Crippen molar-refractivity contribution < 1.29 is 0 Å². The molecule has 0 fully saturated rings. The summed E-state index contributed by atoms with van der Waals surface area (Å²) in [7, 11) is 0. The number of hydrogen-bond acceptors (Lipinski definition) is 2. The summed E-state index contributed by atoms with van der Waals surface area (Å²) in [5, 5.41) is 0.771. The molecule has 1 aliphatic carbocycles. The average Bonchev–Trinajstić information content (AvgIpc) is 2.16. The molecule has 0 bridgehead atoms. The van der Waals surface area contributed by atoms with E-state index >= 15 is 0 Å². The zero-order valence-corrected chi connectivity index (χ0v) is 8.65. The lowest BCUT2D eigenvalue weighted by Crippen LogP contribution is -2.15. The predicted octanol–water partition coefficient (Wildman–Crippen LogP) is 2.42. The third-order valence-corrected chi connectivity index (χ3v) is 3.79. The largest absolute Gasteiger partial charge is 0.330 e. The third kappa shape index (κ3) is 3.63. The van der Waals surface area contributed by atoms with E-state index in [2.05, 4.69) is 30.8 Å². The molecule has 0 aliphatic heterocycles. The minimum atomic E-state index is 0.672. The van der Waals surface area contributed by atoms with E-state index in [1.807, 2.05) is 0 Å². The van der Waals surface area contributed by atoms with Gasteiger partial charge in [-0.2, -0.15) is 11.8 Å². The Bertz CT molecular complexity index is 145. The van der Waals surface area contributed by atoms with E-state index in [1.54, 1.807) is 0 Å². The van der Waals surface area contributed by atoms with Crippen LogP contribution in [0.25, 0.3) is 0 Å². The third-order valence-electron chi connectivity index (χ3n) is 2.21. The monoisotopic (exact) mass is 185 g/mol. The van der Waals surface area contributed by atoms with Crippen molar-refractivity contribution in [1.82, 2.24) is 0 Å². The Morgan fingerprint density at radius 3 is 3.08 bits per heavy atom. The summed E-state index contributed by atoms with van der Waals surface area (Å²) in [6.07, 6.45) is 8.68. The highest BCUT2D eigenvalue weighted by molar-refractivity contribution is 8.00. The number of rotatable bonds is 4. The fourth-order valence-corrected chi connectivity index (χ4v) is 2.54. The van der Waals surface area contributed by atoms with Crippen LogP contribution in [0.1, 0.15) is 26.2 Å². The van der Waals surface area contributed by atoms with Gasteiger partial charge in [0.25, 0.3) is 0 Å². The Labute approximate surface area is 79.8 Å². The van der Waals surface area contributed by atoms with Crippen LogP contribution in [0.15, 0.2) is 12.2 Å². The van der Waals surface area contributed by atoms with Crippen LogP contribution in [-0.4, -0.2) is 17.5 Å². The van der Waals surface area contributed by atoms with Crippen LogP contribution < -0.4 is 5.73 Å². The lowest BCUT2D eigenvalue weighted by molar-refractivity contribution is 0.670. The Morgan fingerprint density at radius 1 is 1.67 bits per heavy atom. The number of thioether (sulfide) groups is 1. The van der Waals surface area contributed by atoms with Gasteiger partial charge in [-0.1, -0.05) is 19.1 Å². The molecule has 0 saturated heterocycles. The summed E-state index contributed by atoms with van der Waals surface area (Å²) >= 11 is 2.06. The van der Waals surface area contributed by atoms with Gasteiger partial charge in [0, 0.05) is 5.25 Å². The number of nitrogens with two attached hydrogens (primary N) is 1. The molecular weight excluding hydrogens is 166 g/mol. The highest BCUT2D eigenvalue weighted by atomic mass is 32.2. The lowest BCUT2D eigenvalue weighted by Gasteiger charge is -2.17. The molecule has 0 aromatic heterocycles. The maximum Gasteiger partial charge on any atom is 0.0227 e. The van der Waals surface area contributed by atoms with Gasteiger partial charge < -0.3 is 5.73 Å². The van der Waals surface area contributed by atoms with Crippen LogP contribution in [0.3, 0.4) is 0 Å². The smallest absolute Gasteiger partial charge is 0.0227 e. The molecular formula is C10H19NS. The normalized spacial score (nSPS) is 25.7. The first-order chi connectivity index (χ1) is 5.83. The standard InChI is InChI=1S/C10H19NS/c1-9(7-11)8-12-10-5-3-2-4-6-10/h3,5,9-10H,2,4,6-8,11H2,1H3. The minimum absolute atomic E-state index is 0.672. The van der Waals surface area contributed by atoms with Gasteiger partial charge in [-0.15, -0.1) is 0 Å². The summed E-state index contributed by atoms with van der Waals surface area (Å²) in [6, 6.07) is 0. The first-order valence-electron chi connectivity index (χ1n) is 4.81. The maximum atomic E-state index is 5.56. The quantitative estimate of drug-likeness (QED) is 0.681. The highest BCUT2D eigenvalue weighted by Gasteiger charge is 2.09. The predicted molar refractivity (Wildman–Crippen MR) is 57.5 cm³/mol. The van der Waals surface area contributed by atoms with Crippen molar-refractivity contribution in [3.63, 3.8) is 0 Å². The van der Waals surface area contributed by atoms with Crippen molar-refractivity contribution in [3.05, 3.63) is 12.2 Å². The molecule has 0 aromatic carbocycles. The fraction of sp³-hybridized carbons (Fsp3) is 0.800. The van der Waals surface area contributed by atoms with Gasteiger partial charge in [-0.25, -0.2) is 0 Å². The molecule has 2 unspecified atom stereocenters. The lowest BCUT2D eigenvalue weighted by atomic mass is 10.1.